The summed E-state index contributed by atoms with van der Waals surface area (Å²) < 4.78 is 55.3. The van der Waals surface area contributed by atoms with E-state index in [0.717, 1.165) is 46.3 Å². The summed E-state index contributed by atoms with van der Waals surface area (Å²) in [5.74, 6) is -2.23. The molecule has 3 aromatic rings. The molecule has 2 aromatic carbocycles. The Morgan fingerprint density at radius 2 is 1.88 bits per heavy atom. The van der Waals surface area contributed by atoms with Crippen LogP contribution in [0.5, 0.6) is 0 Å². The number of rotatable bonds is 3. The van der Waals surface area contributed by atoms with Crippen LogP contribution in [0.1, 0.15) is 30.3 Å². The average molecular weight is 394 g/mol. The molecule has 8 heteroatoms. The van der Waals surface area contributed by atoms with E-state index in [1.165, 1.54) is 15.6 Å². The summed E-state index contributed by atoms with van der Waals surface area (Å²) in [5.41, 5.74) is 0.836. The summed E-state index contributed by atoms with van der Waals surface area (Å²) >= 11 is 1.47. The summed E-state index contributed by atoms with van der Waals surface area (Å²) in [7, 11) is -3.94. The van der Waals surface area contributed by atoms with E-state index < -0.39 is 21.7 Å². The van der Waals surface area contributed by atoms with E-state index in [2.05, 4.69) is 4.98 Å². The molecule has 0 bridgehead atoms. The molecule has 0 radical (unpaired) electrons. The number of fused-ring (bicyclic) bond motifs is 1. The van der Waals surface area contributed by atoms with Crippen LogP contribution < -0.4 is 0 Å². The number of halogens is 2. The van der Waals surface area contributed by atoms with Crippen LogP contribution in [0.2, 0.25) is 0 Å². The van der Waals surface area contributed by atoms with Crippen molar-refractivity contribution in [3.8, 4) is 0 Å². The van der Waals surface area contributed by atoms with Gasteiger partial charge >= 0.3 is 0 Å². The molecule has 1 unspecified atom stereocenters. The average Bonchev–Trinajstić information content (AvgIpc) is 3.08. The Morgan fingerprint density at radius 3 is 2.65 bits per heavy atom. The van der Waals surface area contributed by atoms with E-state index in [9.17, 15) is 17.2 Å². The predicted molar refractivity (Wildman–Crippen MR) is 96.5 cm³/mol. The minimum Gasteiger partial charge on any atom is -0.239 e. The maximum absolute atomic E-state index is 13.6. The van der Waals surface area contributed by atoms with Gasteiger partial charge in [-0.2, -0.15) is 4.31 Å². The van der Waals surface area contributed by atoms with Crippen LogP contribution >= 0.6 is 11.3 Å². The molecule has 1 atom stereocenters. The van der Waals surface area contributed by atoms with E-state index in [1.807, 2.05) is 24.3 Å². The fourth-order valence-corrected chi connectivity index (χ4v) is 6.10. The minimum atomic E-state index is -3.94. The second-order valence-electron chi connectivity index (χ2n) is 6.22. The SMILES string of the molecule is O=S(=O)(c1ccc(F)c(F)c1)N1CCCCC1c1nc2ccccc2s1. The minimum absolute atomic E-state index is 0.232. The molecule has 0 aliphatic carbocycles. The lowest BCUT2D eigenvalue weighted by molar-refractivity contribution is 0.255. The van der Waals surface area contributed by atoms with Gasteiger partial charge in [-0.25, -0.2) is 22.2 Å². The Bertz CT molecular complexity index is 1030. The fraction of sp³-hybridized carbons (Fsp3) is 0.278. The standard InChI is InChI=1S/C18H16F2N2O2S2/c19-13-9-8-12(11-14(13)20)26(23,24)22-10-4-3-6-16(22)18-21-15-5-1-2-7-17(15)25-18/h1-2,5,7-9,11,16H,3-4,6,10H2. The Kier molecular flexibility index (Phi) is 4.50. The van der Waals surface area contributed by atoms with Gasteiger partial charge in [-0.1, -0.05) is 18.6 Å². The van der Waals surface area contributed by atoms with Crippen LogP contribution in [0.3, 0.4) is 0 Å². The number of para-hydroxylation sites is 1. The van der Waals surface area contributed by atoms with Crippen molar-refractivity contribution in [1.29, 1.82) is 0 Å². The molecular formula is C18H16F2N2O2S2. The van der Waals surface area contributed by atoms with E-state index in [-0.39, 0.29) is 10.9 Å². The first-order valence-electron chi connectivity index (χ1n) is 8.29. The molecule has 2 heterocycles. The summed E-state index contributed by atoms with van der Waals surface area (Å²) in [5, 5.41) is 0.733. The van der Waals surface area contributed by atoms with E-state index in [1.54, 1.807) is 0 Å². The number of hydrogen-bond acceptors (Lipinski definition) is 4. The number of nitrogens with zero attached hydrogens (tertiary/aromatic N) is 2. The van der Waals surface area contributed by atoms with Crippen molar-refractivity contribution in [3.63, 3.8) is 0 Å². The monoisotopic (exact) mass is 394 g/mol. The smallest absolute Gasteiger partial charge is 0.239 e. The fourth-order valence-electron chi connectivity index (χ4n) is 3.24. The molecule has 1 saturated heterocycles. The zero-order chi connectivity index (χ0) is 18.3. The molecule has 1 aromatic heterocycles. The van der Waals surface area contributed by atoms with E-state index in [0.29, 0.717) is 13.0 Å². The third-order valence-corrected chi connectivity index (χ3v) is 7.59. The van der Waals surface area contributed by atoms with Crippen LogP contribution in [0.15, 0.2) is 47.4 Å². The highest BCUT2D eigenvalue weighted by Crippen LogP contribution is 2.38. The highest BCUT2D eigenvalue weighted by Gasteiger charge is 2.36. The molecule has 1 aliphatic heterocycles. The van der Waals surface area contributed by atoms with Crippen LogP contribution in [0.4, 0.5) is 8.78 Å². The first kappa shape index (κ1) is 17.5. The zero-order valence-corrected chi connectivity index (χ0v) is 15.4. The maximum atomic E-state index is 13.6. The molecule has 0 saturated carbocycles. The lowest BCUT2D eigenvalue weighted by Crippen LogP contribution is -2.38. The first-order chi connectivity index (χ1) is 12.5. The molecule has 0 amide bonds. The topological polar surface area (TPSA) is 50.3 Å². The zero-order valence-electron chi connectivity index (χ0n) is 13.7. The van der Waals surface area contributed by atoms with Crippen LogP contribution in [0.25, 0.3) is 10.2 Å². The molecule has 26 heavy (non-hydrogen) atoms. The van der Waals surface area contributed by atoms with Crippen molar-refractivity contribution in [2.45, 2.75) is 30.2 Å². The van der Waals surface area contributed by atoms with Crippen molar-refractivity contribution < 1.29 is 17.2 Å². The number of aromatic nitrogens is 1. The third-order valence-electron chi connectivity index (χ3n) is 4.55. The van der Waals surface area contributed by atoms with E-state index in [4.69, 9.17) is 0 Å². The Balaban J connectivity index is 1.75. The second-order valence-corrected chi connectivity index (χ2v) is 9.18. The van der Waals surface area contributed by atoms with Gasteiger partial charge in [0.05, 0.1) is 21.2 Å². The van der Waals surface area contributed by atoms with Gasteiger partial charge in [0, 0.05) is 6.54 Å². The molecule has 1 fully saturated rings. The lowest BCUT2D eigenvalue weighted by atomic mass is 10.1. The number of hydrogen-bond donors (Lipinski definition) is 0. The molecule has 136 valence electrons. The van der Waals surface area contributed by atoms with Gasteiger partial charge < -0.3 is 0 Å². The maximum Gasteiger partial charge on any atom is 0.243 e. The Morgan fingerprint density at radius 1 is 1.08 bits per heavy atom. The molecule has 0 spiro atoms. The van der Waals surface area contributed by atoms with Crippen LogP contribution in [-0.2, 0) is 10.0 Å². The van der Waals surface area contributed by atoms with Gasteiger partial charge in [-0.3, -0.25) is 0 Å². The largest absolute Gasteiger partial charge is 0.243 e. The van der Waals surface area contributed by atoms with Gasteiger partial charge in [0.1, 0.15) is 5.01 Å². The van der Waals surface area contributed by atoms with Gasteiger partial charge in [0.15, 0.2) is 11.6 Å². The van der Waals surface area contributed by atoms with Crippen molar-refractivity contribution >= 4 is 31.6 Å². The molecule has 0 N–H and O–H groups in total. The first-order valence-corrected chi connectivity index (χ1v) is 10.5. The summed E-state index contributed by atoms with van der Waals surface area (Å²) in [6.45, 7) is 0.335. The van der Waals surface area contributed by atoms with Crippen LogP contribution in [-0.4, -0.2) is 24.3 Å². The van der Waals surface area contributed by atoms with Crippen molar-refractivity contribution in [1.82, 2.24) is 9.29 Å². The van der Waals surface area contributed by atoms with E-state index >= 15 is 0 Å². The van der Waals surface area contributed by atoms with Gasteiger partial charge in [-0.05, 0) is 43.2 Å². The van der Waals surface area contributed by atoms with Crippen molar-refractivity contribution in [2.24, 2.45) is 0 Å². The normalized spacial score (nSPS) is 19.1. The summed E-state index contributed by atoms with van der Waals surface area (Å²) in [6, 6.07) is 9.97. The molecule has 1 aliphatic rings. The highest BCUT2D eigenvalue weighted by atomic mass is 32.2. The van der Waals surface area contributed by atoms with Crippen LogP contribution in [0, 0.1) is 11.6 Å². The lowest BCUT2D eigenvalue weighted by Gasteiger charge is -2.33. The number of thiazole rings is 1. The van der Waals surface area contributed by atoms with Crippen molar-refractivity contribution in [2.75, 3.05) is 6.54 Å². The van der Waals surface area contributed by atoms with Gasteiger partial charge in [0.2, 0.25) is 10.0 Å². The quantitative estimate of drug-likeness (QED) is 0.658. The molecule has 4 rings (SSSR count). The van der Waals surface area contributed by atoms with Gasteiger partial charge in [-0.15, -0.1) is 11.3 Å². The second kappa shape index (κ2) is 6.68. The molecular weight excluding hydrogens is 378 g/mol. The van der Waals surface area contributed by atoms with Crippen molar-refractivity contribution in [3.05, 3.63) is 59.1 Å². The number of sulfonamides is 1. The summed E-state index contributed by atoms with van der Waals surface area (Å²) in [6.07, 6.45) is 2.28. The van der Waals surface area contributed by atoms with Gasteiger partial charge in [0.25, 0.3) is 0 Å². The number of piperidine rings is 1. The Labute approximate surface area is 154 Å². The highest BCUT2D eigenvalue weighted by molar-refractivity contribution is 7.89. The molecule has 4 nitrogen and oxygen atoms in total. The third kappa shape index (κ3) is 3.02. The number of benzene rings is 2. The predicted octanol–water partition coefficient (Wildman–Crippen LogP) is 4.49. The summed E-state index contributed by atoms with van der Waals surface area (Å²) in [4.78, 5) is 4.37. The Hall–Kier alpha value is -1.90.